The number of methoxy groups -OCH3 is 2. The first-order chi connectivity index (χ1) is 11.4. The van der Waals surface area contributed by atoms with Gasteiger partial charge in [0.05, 0.1) is 14.2 Å². The van der Waals surface area contributed by atoms with Crippen molar-refractivity contribution in [2.45, 2.75) is 33.1 Å². The number of aryl methyl sites for hydroxylation is 1. The minimum Gasteiger partial charge on any atom is -0.497 e. The van der Waals surface area contributed by atoms with Crippen LogP contribution in [0.25, 0.3) is 0 Å². The van der Waals surface area contributed by atoms with E-state index in [0.717, 1.165) is 17.1 Å². The van der Waals surface area contributed by atoms with Crippen LogP contribution in [0.1, 0.15) is 32.3 Å². The van der Waals surface area contributed by atoms with E-state index in [1.807, 2.05) is 32.0 Å². The Hall–Kier alpha value is -2.24. The molecule has 0 saturated carbocycles. The lowest BCUT2D eigenvalue weighted by atomic mass is 10.1. The van der Waals surface area contributed by atoms with Gasteiger partial charge in [0.15, 0.2) is 0 Å². The van der Waals surface area contributed by atoms with Crippen LogP contribution in [0.2, 0.25) is 0 Å². The van der Waals surface area contributed by atoms with Gasteiger partial charge in [-0.15, -0.1) is 0 Å². The second-order valence-corrected chi connectivity index (χ2v) is 6.09. The Morgan fingerprint density at radius 3 is 2.46 bits per heavy atom. The molecule has 0 heterocycles. The van der Waals surface area contributed by atoms with Crippen LogP contribution in [0, 0.1) is 5.92 Å². The highest BCUT2D eigenvalue weighted by Gasteiger charge is 2.17. The third-order valence-corrected chi connectivity index (χ3v) is 3.60. The van der Waals surface area contributed by atoms with Crippen molar-refractivity contribution in [1.82, 2.24) is 4.90 Å². The van der Waals surface area contributed by atoms with Crippen molar-refractivity contribution in [3.63, 3.8) is 0 Å². The van der Waals surface area contributed by atoms with Crippen molar-refractivity contribution in [2.24, 2.45) is 5.92 Å². The summed E-state index contributed by atoms with van der Waals surface area (Å²) < 4.78 is 10.5. The van der Waals surface area contributed by atoms with E-state index in [4.69, 9.17) is 14.6 Å². The number of aliphatic carboxylic acids is 1. The fourth-order valence-corrected chi connectivity index (χ4v) is 2.51. The van der Waals surface area contributed by atoms with Crippen molar-refractivity contribution < 1.29 is 24.2 Å². The molecular formula is C18H27NO5. The summed E-state index contributed by atoms with van der Waals surface area (Å²) in [7, 11) is 3.19. The van der Waals surface area contributed by atoms with Crippen LogP contribution < -0.4 is 9.47 Å². The first-order valence-corrected chi connectivity index (χ1v) is 8.07. The topological polar surface area (TPSA) is 76.1 Å². The highest BCUT2D eigenvalue weighted by atomic mass is 16.5. The second kappa shape index (κ2) is 9.80. The third-order valence-electron chi connectivity index (χ3n) is 3.60. The van der Waals surface area contributed by atoms with Crippen LogP contribution in [0.5, 0.6) is 11.5 Å². The first kappa shape index (κ1) is 19.8. The number of carboxylic acids is 1. The zero-order valence-electron chi connectivity index (χ0n) is 14.9. The smallest absolute Gasteiger partial charge is 0.323 e. The molecule has 1 rings (SSSR count). The quantitative estimate of drug-likeness (QED) is 0.710. The predicted octanol–water partition coefficient (Wildman–Crippen LogP) is 2.60. The molecule has 134 valence electrons. The Morgan fingerprint density at radius 2 is 1.92 bits per heavy atom. The van der Waals surface area contributed by atoms with Gasteiger partial charge < -0.3 is 19.5 Å². The van der Waals surface area contributed by atoms with Crippen molar-refractivity contribution in [2.75, 3.05) is 27.3 Å². The summed E-state index contributed by atoms with van der Waals surface area (Å²) in [5.41, 5.74) is 1.000. The standard InChI is InChI=1S/C18H27NO5/c1-13(2)11-19(12-18(21)22)17(20)7-5-6-14-8-9-15(23-3)10-16(14)24-4/h8-10,13H,5-7,11-12H2,1-4H3,(H,21,22). The molecule has 0 radical (unpaired) electrons. The van der Waals surface area contributed by atoms with E-state index in [9.17, 15) is 9.59 Å². The van der Waals surface area contributed by atoms with E-state index in [-0.39, 0.29) is 18.4 Å². The molecule has 0 spiro atoms. The summed E-state index contributed by atoms with van der Waals surface area (Å²) in [5.74, 6) is 0.567. The highest BCUT2D eigenvalue weighted by molar-refractivity contribution is 5.81. The van der Waals surface area contributed by atoms with Gasteiger partial charge in [-0.2, -0.15) is 0 Å². The summed E-state index contributed by atoms with van der Waals surface area (Å²) in [6, 6.07) is 5.59. The summed E-state index contributed by atoms with van der Waals surface area (Å²) in [5, 5.41) is 8.94. The van der Waals surface area contributed by atoms with Gasteiger partial charge in [0, 0.05) is 19.0 Å². The van der Waals surface area contributed by atoms with Crippen molar-refractivity contribution in [1.29, 1.82) is 0 Å². The van der Waals surface area contributed by atoms with Crippen LogP contribution >= 0.6 is 0 Å². The van der Waals surface area contributed by atoms with Crippen LogP contribution in [0.3, 0.4) is 0 Å². The summed E-state index contributed by atoms with van der Waals surface area (Å²) in [6.07, 6.45) is 1.63. The first-order valence-electron chi connectivity index (χ1n) is 8.07. The maximum Gasteiger partial charge on any atom is 0.323 e. The number of carbonyl (C=O) groups is 2. The Kier molecular flexibility index (Phi) is 8.09. The summed E-state index contributed by atoms with van der Waals surface area (Å²) in [4.78, 5) is 24.6. The van der Waals surface area contributed by atoms with Gasteiger partial charge >= 0.3 is 5.97 Å². The van der Waals surface area contributed by atoms with Gasteiger partial charge in [-0.1, -0.05) is 19.9 Å². The Labute approximate surface area is 143 Å². The average molecular weight is 337 g/mol. The zero-order valence-corrected chi connectivity index (χ0v) is 14.9. The van der Waals surface area contributed by atoms with Crippen LogP contribution in [0.4, 0.5) is 0 Å². The minimum atomic E-state index is -0.985. The highest BCUT2D eigenvalue weighted by Crippen LogP contribution is 2.26. The van der Waals surface area contributed by atoms with E-state index in [1.165, 1.54) is 4.90 Å². The molecule has 1 aromatic carbocycles. The minimum absolute atomic E-state index is 0.126. The van der Waals surface area contributed by atoms with E-state index in [2.05, 4.69) is 0 Å². The molecule has 0 aromatic heterocycles. The van der Waals surface area contributed by atoms with E-state index >= 15 is 0 Å². The number of hydrogen-bond acceptors (Lipinski definition) is 4. The molecule has 0 unspecified atom stereocenters. The van der Waals surface area contributed by atoms with Crippen molar-refractivity contribution >= 4 is 11.9 Å². The Balaban J connectivity index is 2.61. The maximum atomic E-state index is 12.3. The number of nitrogens with zero attached hydrogens (tertiary/aromatic N) is 1. The molecule has 0 fully saturated rings. The molecule has 1 aromatic rings. The van der Waals surface area contributed by atoms with E-state index in [1.54, 1.807) is 14.2 Å². The normalized spacial score (nSPS) is 10.5. The molecule has 1 amide bonds. The van der Waals surface area contributed by atoms with Crippen molar-refractivity contribution in [3.05, 3.63) is 23.8 Å². The molecule has 1 N–H and O–H groups in total. The van der Waals surface area contributed by atoms with Crippen LogP contribution in [0.15, 0.2) is 18.2 Å². The molecule has 0 bridgehead atoms. The third kappa shape index (κ3) is 6.48. The number of rotatable bonds is 10. The van der Waals surface area contributed by atoms with E-state index in [0.29, 0.717) is 25.8 Å². The molecule has 6 heteroatoms. The van der Waals surface area contributed by atoms with Gasteiger partial charge in [-0.3, -0.25) is 9.59 Å². The number of carboxylic acid groups (broad SMARTS) is 1. The van der Waals surface area contributed by atoms with E-state index < -0.39 is 5.97 Å². The monoisotopic (exact) mass is 337 g/mol. The summed E-state index contributed by atoms with van der Waals surface area (Å²) in [6.45, 7) is 4.13. The summed E-state index contributed by atoms with van der Waals surface area (Å²) >= 11 is 0. The number of ether oxygens (including phenoxy) is 2. The molecule has 0 aliphatic carbocycles. The molecule has 6 nitrogen and oxygen atoms in total. The van der Waals surface area contributed by atoms with Crippen LogP contribution in [-0.2, 0) is 16.0 Å². The maximum absolute atomic E-state index is 12.3. The molecular weight excluding hydrogens is 310 g/mol. The molecule has 0 aliphatic heterocycles. The fraction of sp³-hybridized carbons (Fsp3) is 0.556. The largest absolute Gasteiger partial charge is 0.497 e. The zero-order chi connectivity index (χ0) is 18.1. The molecule has 0 atom stereocenters. The lowest BCUT2D eigenvalue weighted by Gasteiger charge is -2.22. The second-order valence-electron chi connectivity index (χ2n) is 6.09. The Morgan fingerprint density at radius 1 is 1.21 bits per heavy atom. The molecule has 0 saturated heterocycles. The number of amides is 1. The van der Waals surface area contributed by atoms with Gasteiger partial charge in [0.25, 0.3) is 0 Å². The average Bonchev–Trinajstić information content (AvgIpc) is 2.53. The van der Waals surface area contributed by atoms with Gasteiger partial charge in [-0.05, 0) is 30.4 Å². The SMILES string of the molecule is COc1ccc(CCCC(=O)N(CC(=O)O)CC(C)C)c(OC)c1. The number of carbonyl (C=O) groups excluding carboxylic acids is 1. The number of benzene rings is 1. The number of hydrogen-bond donors (Lipinski definition) is 1. The van der Waals surface area contributed by atoms with Crippen molar-refractivity contribution in [3.8, 4) is 11.5 Å². The molecule has 24 heavy (non-hydrogen) atoms. The fourth-order valence-electron chi connectivity index (χ4n) is 2.51. The van der Waals surface area contributed by atoms with Crippen LogP contribution in [-0.4, -0.2) is 49.2 Å². The van der Waals surface area contributed by atoms with Gasteiger partial charge in [0.2, 0.25) is 5.91 Å². The predicted molar refractivity (Wildman–Crippen MR) is 91.5 cm³/mol. The van der Waals surface area contributed by atoms with Gasteiger partial charge in [-0.25, -0.2) is 0 Å². The molecule has 0 aliphatic rings. The Bertz CT molecular complexity index is 556. The lowest BCUT2D eigenvalue weighted by Crippen LogP contribution is -2.38. The van der Waals surface area contributed by atoms with Gasteiger partial charge in [0.1, 0.15) is 18.0 Å². The lowest BCUT2D eigenvalue weighted by molar-refractivity contribution is -0.144.